The minimum absolute atomic E-state index is 0.0187. The Hall–Kier alpha value is -4.31. The molecular formula is C27H25FN4O2. The van der Waals surface area contributed by atoms with Crippen LogP contribution >= 0.6 is 0 Å². The lowest BCUT2D eigenvalue weighted by Crippen LogP contribution is -2.29. The van der Waals surface area contributed by atoms with Crippen molar-refractivity contribution in [3.8, 4) is 11.8 Å². The second-order valence-electron chi connectivity index (χ2n) is 7.53. The molecule has 0 aliphatic carbocycles. The number of halogens is 1. The summed E-state index contributed by atoms with van der Waals surface area (Å²) in [4.78, 5) is 29.3. The molecule has 4 N–H and O–H groups in total. The van der Waals surface area contributed by atoms with Crippen molar-refractivity contribution in [2.24, 2.45) is 5.73 Å². The molecule has 0 radical (unpaired) electrons. The number of amides is 2. The maximum atomic E-state index is 13.3. The smallest absolute Gasteiger partial charge is 0.267 e. The Morgan fingerprint density at radius 2 is 1.79 bits per heavy atom. The minimum Gasteiger partial charge on any atom is -0.364 e. The van der Waals surface area contributed by atoms with Gasteiger partial charge in [-0.1, -0.05) is 56.0 Å². The van der Waals surface area contributed by atoms with Gasteiger partial charge in [0.1, 0.15) is 11.5 Å². The monoisotopic (exact) mass is 456 g/mol. The lowest BCUT2D eigenvalue weighted by Gasteiger charge is -2.14. The number of carbonyl (C=O) groups is 2. The second-order valence-corrected chi connectivity index (χ2v) is 7.53. The van der Waals surface area contributed by atoms with Gasteiger partial charge in [-0.2, -0.15) is 0 Å². The van der Waals surface area contributed by atoms with Crippen molar-refractivity contribution in [2.75, 3.05) is 0 Å². The van der Waals surface area contributed by atoms with E-state index in [-0.39, 0.29) is 22.8 Å². The molecule has 7 heteroatoms. The van der Waals surface area contributed by atoms with Gasteiger partial charge in [-0.3, -0.25) is 9.59 Å². The summed E-state index contributed by atoms with van der Waals surface area (Å²) in [6.07, 6.45) is 1.29. The molecule has 3 rings (SSSR count). The fourth-order valence-electron chi connectivity index (χ4n) is 3.36. The molecule has 2 aromatic carbocycles. The van der Waals surface area contributed by atoms with Gasteiger partial charge in [-0.05, 0) is 42.7 Å². The van der Waals surface area contributed by atoms with E-state index in [9.17, 15) is 14.0 Å². The highest BCUT2D eigenvalue weighted by Crippen LogP contribution is 2.20. The third-order valence-electron chi connectivity index (χ3n) is 5.21. The molecule has 172 valence electrons. The van der Waals surface area contributed by atoms with Gasteiger partial charge in [0.25, 0.3) is 11.8 Å². The first-order chi connectivity index (χ1) is 16.3. The van der Waals surface area contributed by atoms with E-state index < -0.39 is 11.8 Å². The van der Waals surface area contributed by atoms with E-state index in [4.69, 9.17) is 11.1 Å². The van der Waals surface area contributed by atoms with Crippen LogP contribution in [0.1, 0.15) is 53.1 Å². The highest BCUT2D eigenvalue weighted by molar-refractivity contribution is 6.12. The van der Waals surface area contributed by atoms with Crippen LogP contribution < -0.4 is 11.1 Å². The van der Waals surface area contributed by atoms with Crippen LogP contribution in [0.5, 0.6) is 0 Å². The van der Waals surface area contributed by atoms with Crippen molar-refractivity contribution in [3.63, 3.8) is 0 Å². The van der Waals surface area contributed by atoms with Gasteiger partial charge in [0.15, 0.2) is 0 Å². The number of benzene rings is 2. The minimum atomic E-state index is -0.738. The molecule has 0 spiro atoms. The van der Waals surface area contributed by atoms with E-state index in [2.05, 4.69) is 22.1 Å². The quantitative estimate of drug-likeness (QED) is 0.359. The van der Waals surface area contributed by atoms with E-state index in [0.717, 1.165) is 5.56 Å². The van der Waals surface area contributed by atoms with Crippen molar-refractivity contribution in [3.05, 3.63) is 88.5 Å². The van der Waals surface area contributed by atoms with Crippen LogP contribution in [0.25, 0.3) is 10.9 Å². The number of allylic oxidation sites excluding steroid dienone is 2. The Morgan fingerprint density at radius 1 is 1.09 bits per heavy atom. The van der Waals surface area contributed by atoms with Crippen LogP contribution in [-0.4, -0.2) is 22.5 Å². The molecule has 2 amide bonds. The summed E-state index contributed by atoms with van der Waals surface area (Å²) in [6.45, 7) is 3.71. The lowest BCUT2D eigenvalue weighted by atomic mass is 10.0. The molecule has 34 heavy (non-hydrogen) atoms. The molecular weight excluding hydrogens is 431 g/mol. The number of nitrogens with zero attached hydrogens (tertiary/aromatic N) is 1. The Labute approximate surface area is 197 Å². The van der Waals surface area contributed by atoms with Crippen molar-refractivity contribution < 1.29 is 14.0 Å². The van der Waals surface area contributed by atoms with Crippen LogP contribution in [-0.2, 0) is 6.42 Å². The zero-order valence-electron chi connectivity index (χ0n) is 19.0. The Kier molecular flexibility index (Phi) is 7.88. The number of pyridine rings is 1. The third kappa shape index (κ3) is 5.73. The average Bonchev–Trinajstić information content (AvgIpc) is 2.85. The van der Waals surface area contributed by atoms with Crippen LogP contribution in [0.4, 0.5) is 4.39 Å². The number of fused-ring (bicyclic) bond motifs is 1. The summed E-state index contributed by atoms with van der Waals surface area (Å²) in [6, 6.07) is 14.4. The third-order valence-corrected chi connectivity index (χ3v) is 5.21. The number of aromatic nitrogens is 1. The maximum absolute atomic E-state index is 13.3. The molecule has 0 atom stereocenters. The molecule has 1 heterocycles. The standard InChI is InChI=1S/C27H25FN4O2/c1-3-18(9-7-8-17-12-14-19(28)15-13-17)25(22(29)4-2)32-27(34)21-16-24(26(30)33)31-23-11-6-5-10-20(21)23/h5-6,10-16,29H,3-4,8H2,1-2H3,(H2,30,33)(H,32,34)/b25-18+,29-22?. The first-order valence-electron chi connectivity index (χ1n) is 10.9. The van der Waals surface area contributed by atoms with Gasteiger partial charge < -0.3 is 16.5 Å². The molecule has 0 bridgehead atoms. The summed E-state index contributed by atoms with van der Waals surface area (Å²) >= 11 is 0. The largest absolute Gasteiger partial charge is 0.364 e. The number of rotatable bonds is 7. The highest BCUT2D eigenvalue weighted by Gasteiger charge is 2.18. The number of carbonyl (C=O) groups excluding carboxylic acids is 2. The molecule has 0 unspecified atom stereocenters. The first kappa shape index (κ1) is 24.3. The van der Waals surface area contributed by atoms with Gasteiger partial charge in [-0.25, -0.2) is 9.37 Å². The molecule has 3 aromatic rings. The summed E-state index contributed by atoms with van der Waals surface area (Å²) < 4.78 is 13.1. The normalized spacial score (nSPS) is 11.3. The Bertz CT molecular complexity index is 1350. The van der Waals surface area contributed by atoms with Crippen molar-refractivity contribution >= 4 is 28.4 Å². The average molecular weight is 457 g/mol. The first-order valence-corrected chi connectivity index (χ1v) is 10.9. The van der Waals surface area contributed by atoms with Crippen molar-refractivity contribution in [1.29, 1.82) is 5.41 Å². The highest BCUT2D eigenvalue weighted by atomic mass is 19.1. The van der Waals surface area contributed by atoms with Gasteiger partial charge in [0.2, 0.25) is 0 Å². The van der Waals surface area contributed by atoms with Gasteiger partial charge in [-0.15, -0.1) is 0 Å². The van der Waals surface area contributed by atoms with Crippen molar-refractivity contribution in [2.45, 2.75) is 33.1 Å². The number of para-hydroxylation sites is 1. The van der Waals surface area contributed by atoms with E-state index in [0.29, 0.717) is 41.4 Å². The molecule has 0 aliphatic rings. The van der Waals surface area contributed by atoms with E-state index in [1.54, 1.807) is 36.4 Å². The fraction of sp³-hybridized carbons (Fsp3) is 0.185. The second kappa shape index (κ2) is 11.0. The van der Waals surface area contributed by atoms with E-state index in [1.165, 1.54) is 18.2 Å². The predicted molar refractivity (Wildman–Crippen MR) is 131 cm³/mol. The Morgan fingerprint density at radius 3 is 2.44 bits per heavy atom. The number of hydrogen-bond acceptors (Lipinski definition) is 4. The van der Waals surface area contributed by atoms with Gasteiger partial charge in [0.05, 0.1) is 22.5 Å². The Balaban J connectivity index is 1.99. The summed E-state index contributed by atoms with van der Waals surface area (Å²) in [5, 5.41) is 11.8. The maximum Gasteiger partial charge on any atom is 0.267 e. The zero-order chi connectivity index (χ0) is 24.7. The van der Waals surface area contributed by atoms with Gasteiger partial charge >= 0.3 is 0 Å². The van der Waals surface area contributed by atoms with E-state index in [1.807, 2.05) is 13.8 Å². The summed E-state index contributed by atoms with van der Waals surface area (Å²) in [7, 11) is 0. The predicted octanol–water partition coefficient (Wildman–Crippen LogP) is 4.54. The number of hydrogen-bond donors (Lipinski definition) is 3. The lowest BCUT2D eigenvalue weighted by molar-refractivity contribution is 0.0969. The number of nitrogens with one attached hydrogen (secondary N) is 2. The van der Waals surface area contributed by atoms with Crippen LogP contribution in [0.2, 0.25) is 0 Å². The fourth-order valence-corrected chi connectivity index (χ4v) is 3.36. The van der Waals surface area contributed by atoms with Crippen LogP contribution in [0.3, 0.4) is 0 Å². The summed E-state index contributed by atoms with van der Waals surface area (Å²) in [5.74, 6) is 4.58. The number of nitrogens with two attached hydrogens (primary N) is 1. The zero-order valence-corrected chi connectivity index (χ0v) is 19.0. The molecule has 6 nitrogen and oxygen atoms in total. The van der Waals surface area contributed by atoms with Crippen molar-refractivity contribution in [1.82, 2.24) is 10.3 Å². The molecule has 0 saturated heterocycles. The molecule has 1 aromatic heterocycles. The molecule has 0 fully saturated rings. The van der Waals surface area contributed by atoms with E-state index >= 15 is 0 Å². The van der Waals surface area contributed by atoms with Crippen LogP contribution in [0.15, 0.2) is 65.9 Å². The molecule has 0 aliphatic heterocycles. The molecule has 0 saturated carbocycles. The van der Waals surface area contributed by atoms with Crippen LogP contribution in [0, 0.1) is 23.1 Å². The van der Waals surface area contributed by atoms with Gasteiger partial charge in [0, 0.05) is 17.4 Å². The summed E-state index contributed by atoms with van der Waals surface area (Å²) in [5.41, 5.74) is 8.13. The number of primary amides is 1. The topological polar surface area (TPSA) is 109 Å². The SMILES string of the molecule is CCC(=N)/C(NC(=O)c1cc(C(N)=O)nc2ccccc12)=C(\C#CCc1ccc(F)cc1)CC.